The van der Waals surface area contributed by atoms with Gasteiger partial charge in [-0.2, -0.15) is 23.3 Å². The molecular weight excluding hydrogens is 783 g/mol. The van der Waals surface area contributed by atoms with Gasteiger partial charge in [-0.15, -0.1) is 57.7 Å². The maximum atomic E-state index is 6.07. The summed E-state index contributed by atoms with van der Waals surface area (Å²) in [7, 11) is 9.87. The monoisotopic (exact) mass is 822 g/mol. The Morgan fingerprint density at radius 2 is 0.889 bits per heavy atom. The van der Waals surface area contributed by atoms with Crippen LogP contribution in [0.25, 0.3) is 12.2 Å². The first-order valence-corrected chi connectivity index (χ1v) is 24.7. The summed E-state index contributed by atoms with van der Waals surface area (Å²) in [6.07, 6.45) is 21.3. The normalized spacial score (nSPS) is 15.3. The minimum absolute atomic E-state index is 0.204. The molecule has 2 aliphatic carbocycles. The molecule has 6 aromatic rings. The first kappa shape index (κ1) is 37.9. The van der Waals surface area contributed by atoms with Crippen molar-refractivity contribution in [1.82, 2.24) is 0 Å². The van der Waals surface area contributed by atoms with E-state index in [0.717, 1.165) is 42.3 Å². The van der Waals surface area contributed by atoms with Gasteiger partial charge in [-0.25, -0.2) is 0 Å². The molecule has 54 heavy (non-hydrogen) atoms. The molecule has 8 rings (SSSR count). The molecule has 0 heterocycles. The Kier molecular flexibility index (Phi) is 12.8. The molecule has 0 fully saturated rings. The molecule has 2 aliphatic rings. The molecule has 0 aliphatic heterocycles. The van der Waals surface area contributed by atoms with E-state index >= 15 is 0 Å². The third kappa shape index (κ3) is 8.93. The molecule has 0 spiro atoms. The summed E-state index contributed by atoms with van der Waals surface area (Å²) in [5, 5.41) is 0. The minimum atomic E-state index is -0.826. The van der Waals surface area contributed by atoms with Crippen LogP contribution in [0.3, 0.4) is 0 Å². The average Bonchev–Trinajstić information content (AvgIpc) is 3.46. The molecular formula is C49H42Cl2O2Zr. The van der Waals surface area contributed by atoms with Crippen molar-refractivity contribution in [3.63, 3.8) is 0 Å². The number of allylic oxidation sites excluding steroid dienone is 6. The van der Waals surface area contributed by atoms with Crippen LogP contribution in [0.2, 0.25) is 0 Å². The topological polar surface area (TPSA) is 18.5 Å². The van der Waals surface area contributed by atoms with Gasteiger partial charge in [0.05, 0.1) is 0 Å². The van der Waals surface area contributed by atoms with Crippen molar-refractivity contribution >= 4 is 29.2 Å². The van der Waals surface area contributed by atoms with Crippen molar-refractivity contribution in [2.45, 2.75) is 44.9 Å². The number of rotatable bonds is 10. The predicted octanol–water partition coefficient (Wildman–Crippen LogP) is 14.3. The second-order valence-corrected chi connectivity index (χ2v) is 17.4. The molecule has 0 radical (unpaired) electrons. The third-order valence-electron chi connectivity index (χ3n) is 10.3. The van der Waals surface area contributed by atoms with E-state index in [0.29, 0.717) is 0 Å². The van der Waals surface area contributed by atoms with Crippen LogP contribution in [-0.2, 0) is 33.7 Å². The summed E-state index contributed by atoms with van der Waals surface area (Å²) < 4.78 is 12.1. The molecule has 5 heteroatoms. The van der Waals surface area contributed by atoms with Crippen LogP contribution in [0, 0.1) is 13.8 Å². The Hall–Kier alpha value is -4.40. The van der Waals surface area contributed by atoms with E-state index in [-0.39, 0.29) is 11.8 Å². The van der Waals surface area contributed by atoms with Crippen molar-refractivity contribution in [3.05, 3.63) is 213 Å². The van der Waals surface area contributed by atoms with Crippen molar-refractivity contribution in [2.75, 3.05) is 0 Å². The predicted molar refractivity (Wildman–Crippen MR) is 223 cm³/mol. The number of fused-ring (bicyclic) bond motifs is 2. The van der Waals surface area contributed by atoms with E-state index in [4.69, 9.17) is 26.5 Å². The van der Waals surface area contributed by atoms with Gasteiger partial charge < -0.3 is 9.47 Å². The van der Waals surface area contributed by atoms with E-state index in [2.05, 4.69) is 123 Å². The van der Waals surface area contributed by atoms with Crippen LogP contribution in [0.5, 0.6) is 23.0 Å². The number of para-hydroxylation sites is 2. The Labute approximate surface area is 338 Å². The van der Waals surface area contributed by atoms with Crippen molar-refractivity contribution < 1.29 is 30.3 Å². The summed E-state index contributed by atoms with van der Waals surface area (Å²) in [5.74, 6) is 3.81. The molecule has 2 nitrogen and oxygen atoms in total. The van der Waals surface area contributed by atoms with Crippen LogP contribution >= 0.6 is 17.0 Å². The summed E-state index contributed by atoms with van der Waals surface area (Å²) >= 11 is -0.826. The van der Waals surface area contributed by atoms with Gasteiger partial charge in [0.15, 0.2) is 0 Å². The Morgan fingerprint density at radius 3 is 1.28 bits per heavy atom. The molecule has 0 saturated carbocycles. The average molecular weight is 825 g/mol. The van der Waals surface area contributed by atoms with E-state index < -0.39 is 20.8 Å². The van der Waals surface area contributed by atoms with Gasteiger partial charge in [0.25, 0.3) is 0 Å². The van der Waals surface area contributed by atoms with Crippen molar-refractivity contribution in [3.8, 4) is 23.0 Å². The summed E-state index contributed by atoms with van der Waals surface area (Å²) in [4.78, 5) is 0. The van der Waals surface area contributed by atoms with E-state index in [1.54, 1.807) is 0 Å². The van der Waals surface area contributed by atoms with Crippen LogP contribution in [0.15, 0.2) is 158 Å². The van der Waals surface area contributed by atoms with Gasteiger partial charge >= 0.3 is 37.9 Å². The molecule has 268 valence electrons. The molecule has 2 atom stereocenters. The molecule has 2 unspecified atom stereocenters. The standard InChI is InChI=1S/C49H42O2.2ClH.Zr/c1-34-32-48-44(36-24-28-40(29-25-36)50-38-14-5-3-6-15-38)18-9-11-20-46(48)42(34)22-13-23-43-35(2)33-49-45(19-10-12-21-47(43)49)37-26-30-41(31-27-37)51-39-16-7-4-8-17-39;;;/h3-12,14-21,24-33,44-45H,13,22-23H2,1-2H3;2*1H;/q-2;;;+4/p-2. The van der Waals surface area contributed by atoms with Gasteiger partial charge in [-0.05, 0) is 71.5 Å². The molecule has 6 aromatic carbocycles. The van der Waals surface area contributed by atoms with Gasteiger partial charge in [0.1, 0.15) is 23.0 Å². The fourth-order valence-electron chi connectivity index (χ4n) is 7.76. The van der Waals surface area contributed by atoms with Gasteiger partial charge in [0.2, 0.25) is 0 Å². The zero-order valence-corrected chi connectivity index (χ0v) is 34.5. The number of hydrogen-bond donors (Lipinski definition) is 0. The Balaban J connectivity index is 0.00000145. The van der Waals surface area contributed by atoms with Gasteiger partial charge in [-0.3, -0.25) is 0 Å². The second-order valence-electron chi connectivity index (χ2n) is 13.7. The number of hydrogen-bond acceptors (Lipinski definition) is 2. The van der Waals surface area contributed by atoms with Crippen molar-refractivity contribution in [1.29, 1.82) is 0 Å². The molecule has 0 aromatic heterocycles. The Morgan fingerprint density at radius 1 is 0.519 bits per heavy atom. The maximum absolute atomic E-state index is 6.07. The first-order chi connectivity index (χ1) is 26.5. The zero-order valence-electron chi connectivity index (χ0n) is 30.5. The summed E-state index contributed by atoms with van der Waals surface area (Å²) in [6, 6.07) is 41.9. The molecule has 0 bridgehead atoms. The number of benzene rings is 4. The fraction of sp³-hybridized carbons (Fsp3) is 0.143. The Bertz CT molecular complexity index is 2100. The quantitative estimate of drug-likeness (QED) is 0.128. The van der Waals surface area contributed by atoms with E-state index in [1.807, 2.05) is 60.7 Å². The number of aryl methyl sites for hydroxylation is 2. The van der Waals surface area contributed by atoms with Crippen LogP contribution in [0.1, 0.15) is 73.9 Å². The van der Waals surface area contributed by atoms with Crippen LogP contribution < -0.4 is 9.47 Å². The third-order valence-corrected chi connectivity index (χ3v) is 10.3. The fourth-order valence-corrected chi connectivity index (χ4v) is 7.76. The second kappa shape index (κ2) is 18.3. The molecule has 0 saturated heterocycles. The van der Waals surface area contributed by atoms with Gasteiger partial charge in [0, 0.05) is 0 Å². The first-order valence-electron chi connectivity index (χ1n) is 18.4. The SMILES string of the molecule is Cc1cc2c([c-]1CCC[c-]1c(C)cc3c1C=CC=CC3c1ccc(Oc3ccccc3)cc1)C=CC=CC2c1ccc(Oc2ccccc2)cc1.[Cl][Zr+2][Cl]. The van der Waals surface area contributed by atoms with Crippen molar-refractivity contribution in [2.24, 2.45) is 0 Å². The van der Waals surface area contributed by atoms with E-state index in [9.17, 15) is 0 Å². The summed E-state index contributed by atoms with van der Waals surface area (Å²) in [6.45, 7) is 4.56. The van der Waals surface area contributed by atoms with Crippen LogP contribution in [-0.4, -0.2) is 0 Å². The number of ether oxygens (including phenoxy) is 2. The molecule has 0 amide bonds. The van der Waals surface area contributed by atoms with Crippen LogP contribution in [0.4, 0.5) is 0 Å². The summed E-state index contributed by atoms with van der Waals surface area (Å²) in [5.41, 5.74) is 13.8. The number of halogens is 2. The van der Waals surface area contributed by atoms with Gasteiger partial charge in [-0.1, -0.05) is 118 Å². The molecule has 0 N–H and O–H groups in total. The zero-order chi connectivity index (χ0) is 37.3. The van der Waals surface area contributed by atoms with E-state index in [1.165, 1.54) is 55.6 Å².